The SMILES string of the molecule is COc1ccc2c(cc(I)n2CC(F)(F)F)c1NC1CCOCC1. The lowest BCUT2D eigenvalue weighted by molar-refractivity contribution is -0.140. The fourth-order valence-electron chi connectivity index (χ4n) is 2.99. The number of nitrogens with zero attached hydrogens (tertiary/aromatic N) is 1. The van der Waals surface area contributed by atoms with E-state index in [4.69, 9.17) is 9.47 Å². The minimum Gasteiger partial charge on any atom is -0.495 e. The van der Waals surface area contributed by atoms with Crippen LogP contribution >= 0.6 is 22.6 Å². The van der Waals surface area contributed by atoms with Crippen LogP contribution in [0.2, 0.25) is 0 Å². The van der Waals surface area contributed by atoms with Crippen molar-refractivity contribution in [2.24, 2.45) is 0 Å². The van der Waals surface area contributed by atoms with Crippen LogP contribution in [-0.2, 0) is 11.3 Å². The molecule has 1 aromatic heterocycles. The van der Waals surface area contributed by atoms with Crippen molar-refractivity contribution in [1.82, 2.24) is 4.57 Å². The number of ether oxygens (including phenoxy) is 2. The van der Waals surface area contributed by atoms with Crippen LogP contribution in [0, 0.1) is 3.70 Å². The fraction of sp³-hybridized carbons (Fsp3) is 0.500. The molecule has 0 atom stereocenters. The van der Waals surface area contributed by atoms with Crippen molar-refractivity contribution in [2.45, 2.75) is 31.6 Å². The van der Waals surface area contributed by atoms with Gasteiger partial charge in [-0.1, -0.05) is 0 Å². The van der Waals surface area contributed by atoms with Gasteiger partial charge in [-0.25, -0.2) is 0 Å². The first-order chi connectivity index (χ1) is 11.4. The highest BCUT2D eigenvalue weighted by molar-refractivity contribution is 14.1. The molecule has 0 radical (unpaired) electrons. The first kappa shape index (κ1) is 17.7. The number of benzene rings is 1. The Hall–Kier alpha value is -1.16. The van der Waals surface area contributed by atoms with Crippen molar-refractivity contribution in [1.29, 1.82) is 0 Å². The van der Waals surface area contributed by atoms with Crippen LogP contribution < -0.4 is 10.1 Å². The number of alkyl halides is 3. The topological polar surface area (TPSA) is 35.4 Å². The molecule has 1 aliphatic rings. The van der Waals surface area contributed by atoms with Crippen molar-refractivity contribution < 1.29 is 22.6 Å². The number of hydrogen-bond donors (Lipinski definition) is 1. The van der Waals surface area contributed by atoms with Crippen LogP contribution in [-0.4, -0.2) is 37.1 Å². The van der Waals surface area contributed by atoms with Crippen molar-refractivity contribution in [3.63, 3.8) is 0 Å². The molecule has 132 valence electrons. The fourth-order valence-corrected chi connectivity index (χ4v) is 3.73. The van der Waals surface area contributed by atoms with E-state index >= 15 is 0 Å². The number of fused-ring (bicyclic) bond motifs is 1. The predicted molar refractivity (Wildman–Crippen MR) is 94.7 cm³/mol. The molecule has 8 heteroatoms. The number of rotatable bonds is 4. The molecule has 2 aromatic rings. The van der Waals surface area contributed by atoms with E-state index in [1.165, 1.54) is 4.57 Å². The molecule has 1 saturated heterocycles. The van der Waals surface area contributed by atoms with Gasteiger partial charge in [-0.2, -0.15) is 13.2 Å². The van der Waals surface area contributed by atoms with Crippen molar-refractivity contribution in [2.75, 3.05) is 25.6 Å². The lowest BCUT2D eigenvalue weighted by Crippen LogP contribution is -2.28. The van der Waals surface area contributed by atoms with Gasteiger partial charge in [0.1, 0.15) is 12.3 Å². The molecular formula is C16H18F3IN2O2. The van der Waals surface area contributed by atoms with Gasteiger partial charge in [0.05, 0.1) is 22.0 Å². The number of nitrogens with one attached hydrogen (secondary N) is 1. The number of methoxy groups -OCH3 is 1. The Balaban J connectivity index is 2.03. The van der Waals surface area contributed by atoms with E-state index < -0.39 is 12.7 Å². The van der Waals surface area contributed by atoms with Gasteiger partial charge in [-0.05, 0) is 53.6 Å². The highest BCUT2D eigenvalue weighted by atomic mass is 127. The first-order valence-corrected chi connectivity index (χ1v) is 8.73. The average Bonchev–Trinajstić information content (AvgIpc) is 2.84. The number of anilines is 1. The van der Waals surface area contributed by atoms with Crippen LogP contribution in [0.15, 0.2) is 18.2 Å². The standard InChI is InChI=1S/C16H18F3IN2O2/c1-23-13-3-2-12-11(8-14(20)22(12)9-16(17,18)19)15(13)21-10-4-6-24-7-5-10/h2-3,8,10,21H,4-7,9H2,1H3. The molecule has 3 rings (SSSR count). The monoisotopic (exact) mass is 454 g/mol. The van der Waals surface area contributed by atoms with Gasteiger partial charge in [-0.3, -0.25) is 0 Å². The molecule has 1 aliphatic heterocycles. The van der Waals surface area contributed by atoms with E-state index in [1.807, 2.05) is 22.6 Å². The Morgan fingerprint density at radius 3 is 2.67 bits per heavy atom. The van der Waals surface area contributed by atoms with Gasteiger partial charge in [0.2, 0.25) is 0 Å². The predicted octanol–water partition coefficient (Wildman–Crippen LogP) is 4.41. The van der Waals surface area contributed by atoms with Gasteiger partial charge in [0.15, 0.2) is 0 Å². The van der Waals surface area contributed by atoms with Crippen LogP contribution in [0.4, 0.5) is 18.9 Å². The highest BCUT2D eigenvalue weighted by Crippen LogP contribution is 2.37. The van der Waals surface area contributed by atoms with E-state index in [0.29, 0.717) is 28.2 Å². The first-order valence-electron chi connectivity index (χ1n) is 7.66. The van der Waals surface area contributed by atoms with Crippen LogP contribution in [0.5, 0.6) is 5.75 Å². The molecule has 0 saturated carbocycles. The summed E-state index contributed by atoms with van der Waals surface area (Å²) in [6, 6.07) is 5.39. The molecule has 24 heavy (non-hydrogen) atoms. The van der Waals surface area contributed by atoms with E-state index in [0.717, 1.165) is 23.9 Å². The summed E-state index contributed by atoms with van der Waals surface area (Å²) in [6.45, 7) is 0.364. The van der Waals surface area contributed by atoms with Crippen LogP contribution in [0.1, 0.15) is 12.8 Å². The highest BCUT2D eigenvalue weighted by Gasteiger charge is 2.30. The molecule has 0 unspecified atom stereocenters. The Bertz CT molecular complexity index is 724. The third-order valence-corrected chi connectivity index (χ3v) is 5.02. The summed E-state index contributed by atoms with van der Waals surface area (Å²) in [5, 5.41) is 4.19. The lowest BCUT2D eigenvalue weighted by Gasteiger charge is -2.25. The Labute approximate surface area is 151 Å². The minimum absolute atomic E-state index is 0.224. The number of aromatic nitrogens is 1. The third-order valence-electron chi connectivity index (χ3n) is 4.12. The van der Waals surface area contributed by atoms with E-state index in [9.17, 15) is 13.2 Å². The van der Waals surface area contributed by atoms with Gasteiger partial charge in [-0.15, -0.1) is 0 Å². The van der Waals surface area contributed by atoms with Gasteiger partial charge >= 0.3 is 6.18 Å². The van der Waals surface area contributed by atoms with Gasteiger partial charge < -0.3 is 19.4 Å². The van der Waals surface area contributed by atoms with Gasteiger partial charge in [0.25, 0.3) is 0 Å². The van der Waals surface area contributed by atoms with Crippen LogP contribution in [0.25, 0.3) is 10.9 Å². The molecule has 2 heterocycles. The molecule has 1 aromatic carbocycles. The summed E-state index contributed by atoms with van der Waals surface area (Å²) < 4.78 is 51.2. The number of halogens is 4. The quantitative estimate of drug-likeness (QED) is 0.696. The summed E-state index contributed by atoms with van der Waals surface area (Å²) >= 11 is 1.94. The molecule has 0 bridgehead atoms. The van der Waals surface area contributed by atoms with Crippen molar-refractivity contribution in [3.8, 4) is 5.75 Å². The lowest BCUT2D eigenvalue weighted by atomic mass is 10.1. The number of hydrogen-bond acceptors (Lipinski definition) is 3. The molecule has 0 spiro atoms. The zero-order valence-corrected chi connectivity index (χ0v) is 15.3. The summed E-state index contributed by atoms with van der Waals surface area (Å²) in [4.78, 5) is 0. The van der Waals surface area contributed by atoms with Crippen molar-refractivity contribution >= 4 is 39.2 Å². The second-order valence-electron chi connectivity index (χ2n) is 5.77. The Morgan fingerprint density at radius 1 is 1.33 bits per heavy atom. The third kappa shape index (κ3) is 3.74. The molecule has 1 fully saturated rings. The van der Waals surface area contributed by atoms with Crippen molar-refractivity contribution in [3.05, 3.63) is 21.9 Å². The zero-order chi connectivity index (χ0) is 17.3. The maximum absolute atomic E-state index is 12.9. The smallest absolute Gasteiger partial charge is 0.406 e. The maximum Gasteiger partial charge on any atom is 0.406 e. The minimum atomic E-state index is -4.26. The van der Waals surface area contributed by atoms with E-state index in [1.54, 1.807) is 25.3 Å². The largest absolute Gasteiger partial charge is 0.495 e. The Kier molecular flexibility index (Phi) is 5.14. The molecule has 1 N–H and O–H groups in total. The molecule has 0 amide bonds. The van der Waals surface area contributed by atoms with Crippen LogP contribution in [0.3, 0.4) is 0 Å². The summed E-state index contributed by atoms with van der Waals surface area (Å²) in [6.07, 6.45) is -2.54. The average molecular weight is 454 g/mol. The summed E-state index contributed by atoms with van der Waals surface area (Å²) in [7, 11) is 1.56. The second kappa shape index (κ2) is 6.99. The molecule has 0 aliphatic carbocycles. The second-order valence-corrected chi connectivity index (χ2v) is 6.88. The maximum atomic E-state index is 12.9. The van der Waals surface area contributed by atoms with E-state index in [-0.39, 0.29) is 6.04 Å². The molecular weight excluding hydrogens is 436 g/mol. The van der Waals surface area contributed by atoms with E-state index in [2.05, 4.69) is 5.32 Å². The summed E-state index contributed by atoms with van der Waals surface area (Å²) in [5.41, 5.74) is 1.30. The Morgan fingerprint density at radius 2 is 2.04 bits per heavy atom. The zero-order valence-electron chi connectivity index (χ0n) is 13.1. The van der Waals surface area contributed by atoms with Gasteiger partial charge in [0, 0.05) is 24.6 Å². The molecule has 4 nitrogen and oxygen atoms in total. The summed E-state index contributed by atoms with van der Waals surface area (Å²) in [5.74, 6) is 0.634. The normalized spacial score (nSPS) is 16.5.